The van der Waals surface area contributed by atoms with Crippen LogP contribution in [0.4, 0.5) is 5.69 Å². The minimum absolute atomic E-state index is 0.131. The third kappa shape index (κ3) is 2.01. The van der Waals surface area contributed by atoms with E-state index in [0.717, 1.165) is 35.5 Å². The second kappa shape index (κ2) is 5.42. The van der Waals surface area contributed by atoms with E-state index in [-0.39, 0.29) is 5.91 Å². The van der Waals surface area contributed by atoms with Gasteiger partial charge in [-0.2, -0.15) is 0 Å². The van der Waals surface area contributed by atoms with Crippen molar-refractivity contribution in [2.45, 2.75) is 31.8 Å². The van der Waals surface area contributed by atoms with Crippen molar-refractivity contribution in [2.24, 2.45) is 0 Å². The van der Waals surface area contributed by atoms with E-state index in [1.807, 2.05) is 58.1 Å². The Labute approximate surface area is 156 Å². The Bertz CT molecular complexity index is 1040. The van der Waals surface area contributed by atoms with Gasteiger partial charge in [0.15, 0.2) is 11.6 Å². The third-order valence-corrected chi connectivity index (χ3v) is 5.67. The summed E-state index contributed by atoms with van der Waals surface area (Å²) in [5.41, 5.74) is 2.08. The van der Waals surface area contributed by atoms with Gasteiger partial charge in [-0.25, -0.2) is 9.67 Å². The zero-order valence-electron chi connectivity index (χ0n) is 14.3. The molecule has 130 valence electrons. The van der Waals surface area contributed by atoms with Gasteiger partial charge in [-0.1, -0.05) is 35.9 Å². The summed E-state index contributed by atoms with van der Waals surface area (Å²) in [5, 5.41) is 5.41. The smallest absolute Gasteiger partial charge is 0.228 e. The third-order valence-electron chi connectivity index (χ3n) is 5.34. The Morgan fingerprint density at radius 3 is 2.62 bits per heavy atom. The first-order valence-corrected chi connectivity index (χ1v) is 9.12. The molecule has 2 aliphatic rings. The molecule has 0 N–H and O–H groups in total. The lowest BCUT2D eigenvalue weighted by atomic mass is 9.91. The molecular weight excluding hydrogens is 348 g/mol. The average Bonchev–Trinajstić information content (AvgIpc) is 3.08. The molecule has 0 aliphatic carbocycles. The standard InChI is InChI=1S/C20H17ClN4O/c1-20-12-6-11-17(26)24(20)16-10-5-3-8-14(16)19-22-18(23-25(19)20)13-7-2-4-9-15(13)21/h2-5,7-10H,6,11-12H2,1H3. The van der Waals surface area contributed by atoms with Gasteiger partial charge in [0.1, 0.15) is 5.66 Å². The van der Waals surface area contributed by atoms with Gasteiger partial charge in [0.25, 0.3) is 0 Å². The molecule has 2 aromatic carbocycles. The van der Waals surface area contributed by atoms with Crippen LogP contribution >= 0.6 is 11.6 Å². The van der Waals surface area contributed by atoms with Gasteiger partial charge in [-0.05, 0) is 44.0 Å². The molecule has 1 aromatic heterocycles. The number of benzene rings is 2. The van der Waals surface area contributed by atoms with E-state index in [1.54, 1.807) is 0 Å². The first-order valence-electron chi connectivity index (χ1n) is 8.74. The van der Waals surface area contributed by atoms with E-state index in [9.17, 15) is 4.79 Å². The molecule has 5 rings (SSSR count). The number of anilines is 1. The highest BCUT2D eigenvalue weighted by molar-refractivity contribution is 6.33. The molecule has 0 saturated carbocycles. The van der Waals surface area contributed by atoms with Crippen molar-refractivity contribution < 1.29 is 4.79 Å². The van der Waals surface area contributed by atoms with Crippen LogP contribution in [0.15, 0.2) is 48.5 Å². The summed E-state index contributed by atoms with van der Waals surface area (Å²) in [6, 6.07) is 15.5. The summed E-state index contributed by atoms with van der Waals surface area (Å²) in [4.78, 5) is 19.5. The lowest BCUT2D eigenvalue weighted by Gasteiger charge is -2.48. The molecule has 1 amide bonds. The molecule has 1 atom stereocenters. The molecule has 3 aromatic rings. The first kappa shape index (κ1) is 15.6. The molecule has 1 unspecified atom stereocenters. The largest absolute Gasteiger partial charge is 0.286 e. The maximum atomic E-state index is 12.8. The molecular formula is C20H17ClN4O. The van der Waals surface area contributed by atoms with Crippen molar-refractivity contribution in [3.05, 3.63) is 53.6 Å². The zero-order valence-corrected chi connectivity index (χ0v) is 15.1. The van der Waals surface area contributed by atoms with Gasteiger partial charge in [-0.3, -0.25) is 9.69 Å². The fraction of sp³-hybridized carbons (Fsp3) is 0.250. The highest BCUT2D eigenvalue weighted by atomic mass is 35.5. The summed E-state index contributed by atoms with van der Waals surface area (Å²) in [7, 11) is 0. The topological polar surface area (TPSA) is 51.0 Å². The number of fused-ring (bicyclic) bond motifs is 6. The van der Waals surface area contributed by atoms with E-state index in [1.165, 1.54) is 0 Å². The number of carbonyl (C=O) groups is 1. The summed E-state index contributed by atoms with van der Waals surface area (Å²) in [6.45, 7) is 2.06. The van der Waals surface area contributed by atoms with Crippen molar-refractivity contribution in [3.63, 3.8) is 0 Å². The lowest BCUT2D eigenvalue weighted by Crippen LogP contribution is -2.57. The molecule has 1 saturated heterocycles. The minimum Gasteiger partial charge on any atom is -0.286 e. The van der Waals surface area contributed by atoms with Crippen LogP contribution in [0, 0.1) is 0 Å². The van der Waals surface area contributed by atoms with Crippen LogP contribution in [0.2, 0.25) is 5.02 Å². The van der Waals surface area contributed by atoms with Gasteiger partial charge in [-0.15, -0.1) is 5.10 Å². The zero-order chi connectivity index (χ0) is 17.9. The van der Waals surface area contributed by atoms with E-state index < -0.39 is 5.66 Å². The number of aromatic nitrogens is 3. The number of nitrogens with zero attached hydrogens (tertiary/aromatic N) is 4. The number of hydrogen-bond acceptors (Lipinski definition) is 3. The minimum atomic E-state index is -0.550. The van der Waals surface area contributed by atoms with Crippen molar-refractivity contribution in [3.8, 4) is 22.8 Å². The number of piperidine rings is 1. The molecule has 3 heterocycles. The number of amides is 1. The molecule has 5 nitrogen and oxygen atoms in total. The van der Waals surface area contributed by atoms with E-state index in [2.05, 4.69) is 6.92 Å². The monoisotopic (exact) mass is 364 g/mol. The Balaban J connectivity index is 1.79. The maximum Gasteiger partial charge on any atom is 0.228 e. The van der Waals surface area contributed by atoms with Crippen LogP contribution in [-0.4, -0.2) is 20.7 Å². The van der Waals surface area contributed by atoms with Crippen molar-refractivity contribution >= 4 is 23.2 Å². The maximum absolute atomic E-state index is 12.8. The predicted octanol–water partition coefficient (Wildman–Crippen LogP) is 4.47. The normalized spacial score (nSPS) is 21.2. The molecule has 1 fully saturated rings. The number of rotatable bonds is 1. The van der Waals surface area contributed by atoms with E-state index in [4.69, 9.17) is 21.7 Å². The second-order valence-electron chi connectivity index (χ2n) is 6.97. The van der Waals surface area contributed by atoms with Gasteiger partial charge >= 0.3 is 0 Å². The fourth-order valence-corrected chi connectivity index (χ4v) is 4.32. The van der Waals surface area contributed by atoms with Crippen molar-refractivity contribution in [1.82, 2.24) is 14.8 Å². The van der Waals surface area contributed by atoms with Crippen LogP contribution in [0.25, 0.3) is 22.8 Å². The average molecular weight is 365 g/mol. The quantitative estimate of drug-likeness (QED) is 0.640. The predicted molar refractivity (Wildman–Crippen MR) is 101 cm³/mol. The van der Waals surface area contributed by atoms with Crippen LogP contribution < -0.4 is 4.90 Å². The van der Waals surface area contributed by atoms with Crippen LogP contribution in [-0.2, 0) is 10.5 Å². The summed E-state index contributed by atoms with van der Waals surface area (Å²) < 4.78 is 1.91. The fourth-order valence-electron chi connectivity index (χ4n) is 4.10. The highest BCUT2D eigenvalue weighted by Crippen LogP contribution is 2.47. The first-order chi connectivity index (χ1) is 12.6. The van der Waals surface area contributed by atoms with Gasteiger partial charge in [0.05, 0.1) is 10.7 Å². The van der Waals surface area contributed by atoms with Crippen LogP contribution in [0.5, 0.6) is 0 Å². The number of para-hydroxylation sites is 1. The number of halogens is 1. The highest BCUT2D eigenvalue weighted by Gasteiger charge is 2.47. The summed E-state index contributed by atoms with van der Waals surface area (Å²) >= 11 is 6.36. The van der Waals surface area contributed by atoms with Crippen LogP contribution in [0.1, 0.15) is 26.2 Å². The number of hydrogen-bond donors (Lipinski definition) is 0. The molecule has 0 radical (unpaired) electrons. The summed E-state index contributed by atoms with van der Waals surface area (Å²) in [6.07, 6.45) is 2.24. The SMILES string of the molecule is CC12CCCC(=O)N1c1ccccc1-c1nc(-c3ccccc3Cl)nn12. The molecule has 0 spiro atoms. The number of carbonyl (C=O) groups excluding carboxylic acids is 1. The van der Waals surface area contributed by atoms with Crippen LogP contribution in [0.3, 0.4) is 0 Å². The van der Waals surface area contributed by atoms with E-state index in [0.29, 0.717) is 17.3 Å². The van der Waals surface area contributed by atoms with Crippen molar-refractivity contribution in [2.75, 3.05) is 4.90 Å². The molecule has 26 heavy (non-hydrogen) atoms. The Hall–Kier alpha value is -2.66. The summed E-state index contributed by atoms with van der Waals surface area (Å²) in [5.74, 6) is 1.50. The molecule has 2 aliphatic heterocycles. The van der Waals surface area contributed by atoms with Gasteiger partial charge < -0.3 is 0 Å². The van der Waals surface area contributed by atoms with Gasteiger partial charge in [0, 0.05) is 17.5 Å². The lowest BCUT2D eigenvalue weighted by molar-refractivity contribution is -0.122. The van der Waals surface area contributed by atoms with Crippen molar-refractivity contribution in [1.29, 1.82) is 0 Å². The van der Waals surface area contributed by atoms with Gasteiger partial charge in [0.2, 0.25) is 5.91 Å². The van der Waals surface area contributed by atoms with E-state index >= 15 is 0 Å². The molecule has 0 bridgehead atoms. The Morgan fingerprint density at radius 1 is 1.08 bits per heavy atom. The molecule has 6 heteroatoms. The Kier molecular flexibility index (Phi) is 3.25. The second-order valence-corrected chi connectivity index (χ2v) is 7.37. The Morgan fingerprint density at radius 2 is 1.81 bits per heavy atom.